The van der Waals surface area contributed by atoms with Crippen LogP contribution in [0, 0.1) is 0 Å². The van der Waals surface area contributed by atoms with Gasteiger partial charge in [-0.05, 0) is 24.0 Å². The van der Waals surface area contributed by atoms with E-state index in [1.807, 2.05) is 0 Å². The van der Waals surface area contributed by atoms with Gasteiger partial charge in [0.15, 0.2) is 5.65 Å². The fourth-order valence-electron chi connectivity index (χ4n) is 2.91. The van der Waals surface area contributed by atoms with Crippen molar-refractivity contribution in [2.75, 3.05) is 6.54 Å². The Balaban J connectivity index is 1.64. The third kappa shape index (κ3) is 2.25. The maximum absolute atomic E-state index is 12.7. The Morgan fingerprint density at radius 2 is 2.27 bits per heavy atom. The van der Waals surface area contributed by atoms with Gasteiger partial charge in [-0.15, -0.1) is 0 Å². The Labute approximate surface area is 137 Å². The van der Waals surface area contributed by atoms with Crippen molar-refractivity contribution in [1.29, 1.82) is 0 Å². The second kappa shape index (κ2) is 5.23. The Morgan fingerprint density at radius 1 is 1.41 bits per heavy atom. The predicted octanol–water partition coefficient (Wildman–Crippen LogP) is 2.19. The number of nitrogens with one attached hydrogen (secondary N) is 1. The number of sulfonamides is 1. The molecule has 22 heavy (non-hydrogen) atoms. The van der Waals surface area contributed by atoms with E-state index in [9.17, 15) is 8.42 Å². The number of rotatable bonds is 2. The molecular formula is C13H13ClN4O2S2. The largest absolute Gasteiger partial charge is 0.261 e. The van der Waals surface area contributed by atoms with Crippen LogP contribution in [-0.2, 0) is 23.0 Å². The minimum absolute atomic E-state index is 0.362. The molecule has 0 saturated carbocycles. The molecule has 1 atom stereocenters. The Bertz CT molecular complexity index is 877. The van der Waals surface area contributed by atoms with Gasteiger partial charge in [-0.1, -0.05) is 29.4 Å². The molecule has 0 saturated heterocycles. The van der Waals surface area contributed by atoms with Crippen LogP contribution in [0.25, 0.3) is 11.0 Å². The van der Waals surface area contributed by atoms with E-state index in [2.05, 4.69) is 15.2 Å². The molecule has 0 aromatic carbocycles. The van der Waals surface area contributed by atoms with Crippen molar-refractivity contribution in [2.24, 2.45) is 0 Å². The van der Waals surface area contributed by atoms with Gasteiger partial charge in [-0.2, -0.15) is 9.40 Å². The summed E-state index contributed by atoms with van der Waals surface area (Å²) >= 11 is 7.12. The lowest BCUT2D eigenvalue weighted by Gasteiger charge is -2.30. The number of aromatic nitrogens is 3. The van der Waals surface area contributed by atoms with Crippen molar-refractivity contribution in [2.45, 2.75) is 24.0 Å². The van der Waals surface area contributed by atoms with E-state index in [1.54, 1.807) is 22.8 Å². The lowest BCUT2D eigenvalue weighted by molar-refractivity contribution is 0.390. The number of fused-ring (bicyclic) bond motifs is 3. The summed E-state index contributed by atoms with van der Waals surface area (Å²) in [7, 11) is -3.37. The number of nitrogens with zero attached hydrogens (tertiary/aromatic N) is 3. The highest BCUT2D eigenvalue weighted by molar-refractivity contribution is 8.16. The van der Waals surface area contributed by atoms with Gasteiger partial charge in [0.25, 0.3) is 0 Å². The van der Waals surface area contributed by atoms with Gasteiger partial charge in [0.2, 0.25) is 10.0 Å². The highest BCUT2D eigenvalue weighted by Crippen LogP contribution is 2.40. The fraction of sp³-hybridized carbons (Fsp3) is 0.385. The number of thioether (sulfide) groups is 1. The van der Waals surface area contributed by atoms with Crippen molar-refractivity contribution in [3.8, 4) is 0 Å². The summed E-state index contributed by atoms with van der Waals surface area (Å²) in [6, 6.07) is 0. The zero-order valence-corrected chi connectivity index (χ0v) is 13.9. The number of hydrogen-bond donors (Lipinski definition) is 1. The zero-order valence-electron chi connectivity index (χ0n) is 11.5. The summed E-state index contributed by atoms with van der Waals surface area (Å²) in [4.78, 5) is 4.30. The van der Waals surface area contributed by atoms with Gasteiger partial charge in [0.05, 0.1) is 10.6 Å². The van der Waals surface area contributed by atoms with Gasteiger partial charge in [0.1, 0.15) is 4.58 Å². The average molecular weight is 357 g/mol. The molecular weight excluding hydrogens is 344 g/mol. The first-order valence-corrected chi connectivity index (χ1v) is 9.63. The normalized spacial score (nSPS) is 22.8. The third-order valence-electron chi connectivity index (χ3n) is 4.05. The summed E-state index contributed by atoms with van der Waals surface area (Å²) in [5.74, 6) is 0. The van der Waals surface area contributed by atoms with Crippen molar-refractivity contribution < 1.29 is 8.42 Å². The van der Waals surface area contributed by atoms with E-state index in [4.69, 9.17) is 11.6 Å². The van der Waals surface area contributed by atoms with Crippen LogP contribution in [0.1, 0.15) is 17.5 Å². The maximum atomic E-state index is 12.7. The van der Waals surface area contributed by atoms with Gasteiger partial charge < -0.3 is 0 Å². The standard InChI is InChI=1S/C13H13ClN4O2S2/c14-11-1-2-12(21-11)22(19,20)18-4-3-9-8(7-18)5-15-13-10(9)6-16-17-13/h1,5-6,12H,2-4,7H2,(H,15,16,17). The smallest absolute Gasteiger partial charge is 0.227 e. The second-order valence-corrected chi connectivity index (χ2v) is 9.60. The van der Waals surface area contributed by atoms with E-state index in [0.717, 1.165) is 22.2 Å². The van der Waals surface area contributed by atoms with Gasteiger partial charge in [0, 0.05) is 24.7 Å². The highest BCUT2D eigenvalue weighted by Gasteiger charge is 2.37. The molecule has 1 unspecified atom stereocenters. The summed E-state index contributed by atoms with van der Waals surface area (Å²) in [5, 5.41) is 7.83. The molecule has 4 heterocycles. The lowest BCUT2D eigenvalue weighted by Crippen LogP contribution is -2.40. The molecule has 9 heteroatoms. The van der Waals surface area contributed by atoms with Crippen LogP contribution < -0.4 is 0 Å². The van der Waals surface area contributed by atoms with E-state index >= 15 is 0 Å². The lowest BCUT2D eigenvalue weighted by atomic mass is 10.0. The van der Waals surface area contributed by atoms with Crippen molar-refractivity contribution in [1.82, 2.24) is 19.5 Å². The molecule has 0 radical (unpaired) electrons. The van der Waals surface area contributed by atoms with Crippen molar-refractivity contribution >= 4 is 44.4 Å². The molecule has 4 rings (SSSR count). The number of aromatic amines is 1. The number of H-pyrrole nitrogens is 1. The number of pyridine rings is 1. The Kier molecular flexibility index (Phi) is 3.44. The topological polar surface area (TPSA) is 79.0 Å². The molecule has 0 amide bonds. The van der Waals surface area contributed by atoms with E-state index in [1.165, 1.54) is 11.8 Å². The molecule has 0 aliphatic carbocycles. The van der Waals surface area contributed by atoms with Crippen LogP contribution >= 0.6 is 23.4 Å². The van der Waals surface area contributed by atoms with Crippen LogP contribution in [0.2, 0.25) is 0 Å². The van der Waals surface area contributed by atoms with E-state index < -0.39 is 14.6 Å². The van der Waals surface area contributed by atoms with Gasteiger partial charge in [-0.25, -0.2) is 13.4 Å². The molecule has 0 fully saturated rings. The minimum atomic E-state index is -3.37. The third-order valence-corrected chi connectivity index (χ3v) is 8.22. The molecule has 0 spiro atoms. The maximum Gasteiger partial charge on any atom is 0.227 e. The van der Waals surface area contributed by atoms with Crippen LogP contribution in [-0.4, -0.2) is 39.0 Å². The van der Waals surface area contributed by atoms with Crippen molar-refractivity contribution in [3.63, 3.8) is 0 Å². The molecule has 1 N–H and O–H groups in total. The molecule has 116 valence electrons. The SMILES string of the molecule is O=S(=O)(C1CC=C(Cl)S1)N1CCc2c(cnc3[nH]ncc23)C1. The van der Waals surface area contributed by atoms with Crippen LogP contribution in [0.5, 0.6) is 0 Å². The number of halogens is 1. The van der Waals surface area contributed by atoms with E-state index in [-0.39, 0.29) is 0 Å². The summed E-state index contributed by atoms with van der Waals surface area (Å²) in [5.41, 5.74) is 2.84. The number of hydrogen-bond acceptors (Lipinski definition) is 5. The van der Waals surface area contributed by atoms with Gasteiger partial charge >= 0.3 is 0 Å². The second-order valence-electron chi connectivity index (χ2n) is 5.31. The first kappa shape index (κ1) is 14.5. The molecule has 2 aromatic heterocycles. The first-order chi connectivity index (χ1) is 10.6. The predicted molar refractivity (Wildman–Crippen MR) is 86.9 cm³/mol. The van der Waals surface area contributed by atoms with Crippen molar-refractivity contribution in [3.05, 3.63) is 34.0 Å². The molecule has 6 nitrogen and oxygen atoms in total. The number of allylic oxidation sites excluding steroid dienone is 1. The molecule has 2 aliphatic heterocycles. The fourth-order valence-corrected chi connectivity index (χ4v) is 6.61. The van der Waals surface area contributed by atoms with E-state index in [0.29, 0.717) is 30.3 Å². The molecule has 2 aromatic rings. The quantitative estimate of drug-likeness (QED) is 0.892. The monoisotopic (exact) mass is 356 g/mol. The van der Waals surface area contributed by atoms with Crippen LogP contribution in [0.15, 0.2) is 22.8 Å². The Morgan fingerprint density at radius 3 is 3.05 bits per heavy atom. The highest BCUT2D eigenvalue weighted by atomic mass is 35.5. The summed E-state index contributed by atoms with van der Waals surface area (Å²) in [6.07, 6.45) is 6.40. The zero-order chi connectivity index (χ0) is 15.3. The average Bonchev–Trinajstić information content (AvgIpc) is 3.15. The summed E-state index contributed by atoms with van der Waals surface area (Å²) in [6.45, 7) is 0.842. The van der Waals surface area contributed by atoms with Crippen LogP contribution in [0.3, 0.4) is 0 Å². The summed E-state index contributed by atoms with van der Waals surface area (Å²) < 4.78 is 27.1. The Hall–Kier alpha value is -1.09. The minimum Gasteiger partial charge on any atom is -0.261 e. The molecule has 2 aliphatic rings. The van der Waals surface area contributed by atoms with Gasteiger partial charge in [-0.3, -0.25) is 5.10 Å². The first-order valence-electron chi connectivity index (χ1n) is 6.87. The van der Waals surface area contributed by atoms with Crippen LogP contribution in [0.4, 0.5) is 0 Å². The molecule has 0 bridgehead atoms.